The molecule has 0 amide bonds. The van der Waals surface area contributed by atoms with E-state index in [0.29, 0.717) is 0 Å². The molecule has 9 heavy (non-hydrogen) atoms. The molecule has 0 N–H and O–H groups in total. The van der Waals surface area contributed by atoms with Crippen molar-refractivity contribution in [2.24, 2.45) is 0 Å². The molecule has 0 rings (SSSR count). The van der Waals surface area contributed by atoms with E-state index in [-0.39, 0.29) is 0 Å². The normalized spacial score (nSPS) is 14.0. The van der Waals surface area contributed by atoms with E-state index in [1.807, 2.05) is 0 Å². The second kappa shape index (κ2) is 2.77. The topological polar surface area (TPSA) is 0 Å². The summed E-state index contributed by atoms with van der Waals surface area (Å²) in [6.45, 7) is 1.25. The van der Waals surface area contributed by atoms with E-state index in [2.05, 4.69) is 0 Å². The summed E-state index contributed by atoms with van der Waals surface area (Å²) in [6.07, 6.45) is -0.469. The molecule has 0 aliphatic heterocycles. The molecule has 0 unspecified atom stereocenters. The minimum absolute atomic E-state index is 0.469. The van der Waals surface area contributed by atoms with Crippen molar-refractivity contribution in [2.45, 2.75) is 23.1 Å². The third-order valence-electron chi connectivity index (χ3n) is 0.859. The lowest BCUT2D eigenvalue weighted by Crippen LogP contribution is -2.32. The van der Waals surface area contributed by atoms with Crippen LogP contribution in [0, 0.1) is 0 Å². The lowest BCUT2D eigenvalue weighted by Gasteiger charge is -2.21. The molecule has 0 aliphatic rings. The van der Waals surface area contributed by atoms with Crippen LogP contribution in [0.15, 0.2) is 0 Å². The molecule has 0 atom stereocenters. The Labute approximate surface area is 67.1 Å². The van der Waals surface area contributed by atoms with Crippen LogP contribution in [-0.2, 0) is 0 Å². The molecule has 0 aromatic heterocycles. The Hall–Kier alpha value is 0.730. The van der Waals surface area contributed by atoms with Crippen molar-refractivity contribution in [1.82, 2.24) is 0 Å². The largest absolute Gasteiger partial charge is 0.294 e. The van der Waals surface area contributed by atoms with Crippen molar-refractivity contribution in [1.29, 1.82) is 0 Å². The van der Waals surface area contributed by atoms with Crippen LogP contribution in [0.4, 0.5) is 8.78 Å². The molecule has 0 heterocycles. The molecule has 0 spiro atoms. The van der Waals surface area contributed by atoms with E-state index >= 15 is 0 Å². The van der Waals surface area contributed by atoms with Crippen LogP contribution in [0.25, 0.3) is 0 Å². The zero-order chi connectivity index (χ0) is 7.71. The van der Waals surface area contributed by atoms with Crippen molar-refractivity contribution in [3.63, 3.8) is 0 Å². The van der Waals surface area contributed by atoms with Crippen molar-refractivity contribution in [3.05, 3.63) is 0 Å². The first-order valence-corrected chi connectivity index (χ1v) is 3.39. The quantitative estimate of drug-likeness (QED) is 0.565. The summed E-state index contributed by atoms with van der Waals surface area (Å²) in [6, 6.07) is 0. The maximum absolute atomic E-state index is 12.3. The first kappa shape index (κ1) is 9.73. The van der Waals surface area contributed by atoms with Gasteiger partial charge in [0.25, 0.3) is 9.72 Å². The first-order chi connectivity index (χ1) is 3.81. The van der Waals surface area contributed by atoms with E-state index in [1.165, 1.54) is 6.92 Å². The fourth-order valence-corrected chi connectivity index (χ4v) is 0.601. The fraction of sp³-hybridized carbons (Fsp3) is 1.00. The van der Waals surface area contributed by atoms with Gasteiger partial charge < -0.3 is 0 Å². The summed E-state index contributed by atoms with van der Waals surface area (Å²) in [7, 11) is 0. The maximum Gasteiger partial charge on any atom is 0.294 e. The third kappa shape index (κ3) is 2.44. The molecule has 0 saturated heterocycles. The van der Waals surface area contributed by atoms with Gasteiger partial charge in [0, 0.05) is 6.42 Å². The van der Waals surface area contributed by atoms with E-state index < -0.39 is 16.1 Å². The van der Waals surface area contributed by atoms with E-state index in [1.54, 1.807) is 0 Å². The lowest BCUT2D eigenvalue weighted by atomic mass is 10.3. The Kier molecular flexibility index (Phi) is 2.99. The van der Waals surface area contributed by atoms with Gasteiger partial charge in [-0.1, -0.05) is 41.7 Å². The molecule has 0 saturated carbocycles. The molecule has 0 nitrogen and oxygen atoms in total. The van der Waals surface area contributed by atoms with Crippen LogP contribution in [0.1, 0.15) is 13.3 Å². The Morgan fingerprint density at radius 1 is 1.22 bits per heavy atom. The van der Waals surface area contributed by atoms with Crippen molar-refractivity contribution in [3.8, 4) is 0 Å². The average molecular weight is 197 g/mol. The Bertz CT molecular complexity index is 96.5. The van der Waals surface area contributed by atoms with Gasteiger partial charge in [-0.3, -0.25) is 0 Å². The Morgan fingerprint density at radius 2 is 1.56 bits per heavy atom. The maximum atomic E-state index is 12.3. The average Bonchev–Trinajstić information content (AvgIpc) is 1.64. The molecule has 0 aromatic carbocycles. The summed E-state index contributed by atoms with van der Waals surface area (Å²) >= 11 is 14.7. The molecular formula is C4H5Cl3F2. The van der Waals surface area contributed by atoms with Crippen molar-refractivity contribution in [2.75, 3.05) is 0 Å². The first-order valence-electron chi connectivity index (χ1n) is 2.26. The highest BCUT2D eigenvalue weighted by Gasteiger charge is 2.48. The predicted molar refractivity (Wildman–Crippen MR) is 35.5 cm³/mol. The molecule has 0 aromatic rings. The highest BCUT2D eigenvalue weighted by Crippen LogP contribution is 2.43. The predicted octanol–water partition coefficient (Wildman–Crippen LogP) is 3.40. The van der Waals surface area contributed by atoms with Crippen LogP contribution >= 0.6 is 34.8 Å². The SMILES string of the molecule is CCC(F)(F)C(Cl)(Cl)Cl. The Balaban J connectivity index is 4.14. The molecule has 5 heteroatoms. The zero-order valence-electron chi connectivity index (χ0n) is 4.60. The van der Waals surface area contributed by atoms with Crippen LogP contribution in [-0.4, -0.2) is 9.72 Å². The minimum atomic E-state index is -3.22. The highest BCUT2D eigenvalue weighted by molar-refractivity contribution is 6.68. The van der Waals surface area contributed by atoms with Gasteiger partial charge in [0.1, 0.15) is 0 Å². The van der Waals surface area contributed by atoms with Crippen molar-refractivity contribution < 1.29 is 8.78 Å². The van der Waals surface area contributed by atoms with Gasteiger partial charge in [-0.25, -0.2) is 8.78 Å². The van der Waals surface area contributed by atoms with Gasteiger partial charge in [-0.2, -0.15) is 0 Å². The zero-order valence-corrected chi connectivity index (χ0v) is 6.86. The summed E-state index contributed by atoms with van der Waals surface area (Å²) in [5.74, 6) is -3.22. The molecule has 0 fully saturated rings. The summed E-state index contributed by atoms with van der Waals surface area (Å²) < 4.78 is 22.1. The lowest BCUT2D eigenvalue weighted by molar-refractivity contribution is 0.00136. The van der Waals surface area contributed by atoms with Crippen LogP contribution < -0.4 is 0 Å². The summed E-state index contributed by atoms with van der Waals surface area (Å²) in [4.78, 5) is 0. The highest BCUT2D eigenvalue weighted by atomic mass is 35.6. The molecule has 0 aliphatic carbocycles. The monoisotopic (exact) mass is 196 g/mol. The molecule has 0 bridgehead atoms. The van der Waals surface area contributed by atoms with Gasteiger partial charge >= 0.3 is 0 Å². The van der Waals surface area contributed by atoms with Crippen molar-refractivity contribution >= 4 is 34.8 Å². The standard InChI is InChI=1S/C4H5Cl3F2/c1-2-3(8,9)4(5,6)7/h2H2,1H3. The van der Waals surface area contributed by atoms with Crippen LogP contribution in [0.5, 0.6) is 0 Å². The molecular weight excluding hydrogens is 192 g/mol. The van der Waals surface area contributed by atoms with E-state index in [4.69, 9.17) is 34.8 Å². The van der Waals surface area contributed by atoms with Crippen LogP contribution in [0.3, 0.4) is 0 Å². The fourth-order valence-electron chi connectivity index (χ4n) is 0.200. The Morgan fingerprint density at radius 3 is 1.56 bits per heavy atom. The summed E-state index contributed by atoms with van der Waals surface area (Å²) in [5, 5.41) is 0. The second-order valence-electron chi connectivity index (χ2n) is 1.56. The van der Waals surface area contributed by atoms with Gasteiger partial charge in [0.15, 0.2) is 0 Å². The minimum Gasteiger partial charge on any atom is -0.202 e. The van der Waals surface area contributed by atoms with Crippen LogP contribution in [0.2, 0.25) is 0 Å². The number of alkyl halides is 5. The van der Waals surface area contributed by atoms with Gasteiger partial charge in [0.2, 0.25) is 0 Å². The van der Waals surface area contributed by atoms with Gasteiger partial charge in [0.05, 0.1) is 0 Å². The number of hydrogen-bond donors (Lipinski definition) is 0. The molecule has 56 valence electrons. The second-order valence-corrected chi connectivity index (χ2v) is 3.84. The molecule has 0 radical (unpaired) electrons. The smallest absolute Gasteiger partial charge is 0.202 e. The number of rotatable bonds is 1. The number of hydrogen-bond acceptors (Lipinski definition) is 0. The number of halogens is 5. The van der Waals surface area contributed by atoms with Gasteiger partial charge in [-0.05, 0) is 0 Å². The van der Waals surface area contributed by atoms with E-state index in [0.717, 1.165) is 0 Å². The van der Waals surface area contributed by atoms with E-state index in [9.17, 15) is 8.78 Å². The third-order valence-corrected chi connectivity index (χ3v) is 1.69. The van der Waals surface area contributed by atoms with Gasteiger partial charge in [-0.15, -0.1) is 0 Å². The summed E-state index contributed by atoms with van der Waals surface area (Å²) in [5.41, 5.74) is 0.